The first-order chi connectivity index (χ1) is 14.5. The van der Waals surface area contributed by atoms with Gasteiger partial charge in [0.25, 0.3) is 5.91 Å². The lowest BCUT2D eigenvalue weighted by Gasteiger charge is -2.26. The van der Waals surface area contributed by atoms with Crippen LogP contribution in [0.5, 0.6) is 0 Å². The maximum absolute atomic E-state index is 12.7. The fraction of sp³-hybridized carbons (Fsp3) is 0.529. The van der Waals surface area contributed by atoms with E-state index in [4.69, 9.17) is 4.74 Å². The number of rotatable bonds is 8. The summed E-state index contributed by atoms with van der Waals surface area (Å²) in [5.74, 6) is -1.57. The van der Waals surface area contributed by atoms with Crippen molar-refractivity contribution in [3.05, 3.63) is 18.2 Å². The molecule has 3 rings (SSSR count). The van der Waals surface area contributed by atoms with Crippen LogP contribution in [-0.4, -0.2) is 79.1 Å². The molecule has 2 atom stereocenters. The van der Waals surface area contributed by atoms with Crippen LogP contribution < -0.4 is 4.72 Å². The van der Waals surface area contributed by atoms with Gasteiger partial charge in [-0.25, -0.2) is 16.8 Å². The average Bonchev–Trinajstić information content (AvgIpc) is 3.32. The van der Waals surface area contributed by atoms with E-state index >= 15 is 0 Å². The molecule has 1 aliphatic rings. The van der Waals surface area contributed by atoms with Crippen LogP contribution in [0, 0.1) is 0 Å². The molecule has 11 nitrogen and oxygen atoms in total. The van der Waals surface area contributed by atoms with Crippen LogP contribution in [0.15, 0.2) is 23.1 Å². The lowest BCUT2D eigenvalue weighted by atomic mass is 10.2. The highest BCUT2D eigenvalue weighted by molar-refractivity contribution is 7.91. The first-order valence-corrected chi connectivity index (χ1v) is 13.5. The molecule has 1 fully saturated rings. The molecule has 0 aliphatic carbocycles. The van der Waals surface area contributed by atoms with Crippen molar-refractivity contribution in [2.45, 2.75) is 37.2 Å². The van der Waals surface area contributed by atoms with Crippen LogP contribution in [-0.2, 0) is 34.2 Å². The Morgan fingerprint density at radius 3 is 2.74 bits per heavy atom. The first kappa shape index (κ1) is 23.5. The smallest absolute Gasteiger partial charge is 0.324 e. The molecule has 1 saturated heterocycles. The number of likely N-dealkylation sites (N-methyl/N-ethyl adjacent to an activating group) is 1. The van der Waals surface area contributed by atoms with E-state index in [1.165, 1.54) is 24.0 Å². The Morgan fingerprint density at radius 1 is 1.35 bits per heavy atom. The molecule has 1 N–H and O–H groups in total. The Bertz CT molecular complexity index is 1190. The minimum absolute atomic E-state index is 0.0152. The third-order valence-corrected chi connectivity index (χ3v) is 8.74. The van der Waals surface area contributed by atoms with Gasteiger partial charge in [0.2, 0.25) is 10.0 Å². The first-order valence-electron chi connectivity index (χ1n) is 9.44. The van der Waals surface area contributed by atoms with E-state index in [1.807, 2.05) is 0 Å². The van der Waals surface area contributed by atoms with E-state index in [0.29, 0.717) is 11.9 Å². The second kappa shape index (κ2) is 9.14. The summed E-state index contributed by atoms with van der Waals surface area (Å²) in [5, 5.41) is 0. The molecule has 0 saturated carbocycles. The summed E-state index contributed by atoms with van der Waals surface area (Å²) in [7, 11) is -7.27. The number of ether oxygens (including phenoxy) is 1. The van der Waals surface area contributed by atoms with Crippen LogP contribution >= 0.6 is 11.7 Å². The highest BCUT2D eigenvalue weighted by atomic mass is 32.2. The van der Waals surface area contributed by atoms with Gasteiger partial charge in [0, 0.05) is 12.6 Å². The number of esters is 1. The van der Waals surface area contributed by atoms with E-state index in [1.54, 1.807) is 13.0 Å². The van der Waals surface area contributed by atoms with Crippen molar-refractivity contribution >= 4 is 54.5 Å². The summed E-state index contributed by atoms with van der Waals surface area (Å²) >= 11 is 0.871. The summed E-state index contributed by atoms with van der Waals surface area (Å²) in [4.78, 5) is 25.9. The lowest BCUT2D eigenvalue weighted by Crippen LogP contribution is -2.45. The molecule has 14 heteroatoms. The van der Waals surface area contributed by atoms with Crippen molar-refractivity contribution in [2.24, 2.45) is 0 Å². The van der Waals surface area contributed by atoms with Crippen molar-refractivity contribution in [3.8, 4) is 0 Å². The molecule has 1 amide bonds. The summed E-state index contributed by atoms with van der Waals surface area (Å²) in [6.45, 7) is 2.66. The Balaban J connectivity index is 1.60. The van der Waals surface area contributed by atoms with Gasteiger partial charge in [0.05, 0.1) is 23.2 Å². The van der Waals surface area contributed by atoms with Gasteiger partial charge in [-0.15, -0.1) is 0 Å². The number of aromatic nitrogens is 2. The number of nitrogens with one attached hydrogen (secondary N) is 1. The van der Waals surface area contributed by atoms with Crippen molar-refractivity contribution in [1.82, 2.24) is 18.4 Å². The van der Waals surface area contributed by atoms with Crippen molar-refractivity contribution < 1.29 is 31.2 Å². The van der Waals surface area contributed by atoms with E-state index in [0.717, 1.165) is 11.7 Å². The van der Waals surface area contributed by atoms with E-state index in [9.17, 15) is 26.4 Å². The molecule has 2 heterocycles. The van der Waals surface area contributed by atoms with Gasteiger partial charge in [0.15, 0.2) is 16.4 Å². The molecule has 0 spiro atoms. The second-order valence-electron chi connectivity index (χ2n) is 7.08. The van der Waals surface area contributed by atoms with Crippen LogP contribution in [0.1, 0.15) is 20.3 Å². The van der Waals surface area contributed by atoms with Gasteiger partial charge >= 0.3 is 5.97 Å². The number of hydrogen-bond acceptors (Lipinski definition) is 10. The molecule has 1 aromatic carbocycles. The number of fused-ring (bicyclic) bond motifs is 1. The van der Waals surface area contributed by atoms with Crippen LogP contribution in [0.2, 0.25) is 0 Å². The predicted octanol–water partition coefficient (Wildman–Crippen LogP) is -0.0631. The molecule has 1 aliphatic heterocycles. The number of amides is 1. The van der Waals surface area contributed by atoms with Crippen LogP contribution in [0.4, 0.5) is 0 Å². The zero-order chi connectivity index (χ0) is 22.8. The summed E-state index contributed by atoms with van der Waals surface area (Å²) in [5.41, 5.74) is 0.614. The Morgan fingerprint density at radius 2 is 2.10 bits per heavy atom. The van der Waals surface area contributed by atoms with Gasteiger partial charge in [0.1, 0.15) is 22.0 Å². The lowest BCUT2D eigenvalue weighted by molar-refractivity contribution is -0.153. The van der Waals surface area contributed by atoms with E-state index in [-0.39, 0.29) is 28.5 Å². The molecular formula is C17H22N4O7S3. The fourth-order valence-electron chi connectivity index (χ4n) is 3.34. The summed E-state index contributed by atoms with van der Waals surface area (Å²) < 4.78 is 63.8. The van der Waals surface area contributed by atoms with Crippen molar-refractivity contribution in [3.63, 3.8) is 0 Å². The van der Waals surface area contributed by atoms with Gasteiger partial charge in [-0.05, 0) is 32.4 Å². The van der Waals surface area contributed by atoms with Crippen molar-refractivity contribution in [2.75, 3.05) is 24.7 Å². The summed E-state index contributed by atoms with van der Waals surface area (Å²) in [6.07, 6.45) is 0.336. The number of hydrogen-bond donors (Lipinski definition) is 1. The normalized spacial score (nSPS) is 19.2. The molecule has 1 aromatic heterocycles. The van der Waals surface area contributed by atoms with Crippen LogP contribution in [0.25, 0.3) is 11.0 Å². The Hall–Kier alpha value is -2.16. The topological polar surface area (TPSA) is 153 Å². The molecule has 2 unspecified atom stereocenters. The zero-order valence-electron chi connectivity index (χ0n) is 16.8. The Kier molecular flexibility index (Phi) is 6.93. The maximum Gasteiger partial charge on any atom is 0.324 e. The second-order valence-corrected chi connectivity index (χ2v) is 11.5. The van der Waals surface area contributed by atoms with Gasteiger partial charge in [-0.2, -0.15) is 13.5 Å². The maximum atomic E-state index is 12.7. The highest BCUT2D eigenvalue weighted by Crippen LogP contribution is 2.21. The minimum Gasteiger partial charge on any atom is -0.454 e. The van der Waals surface area contributed by atoms with E-state index < -0.39 is 50.4 Å². The largest absolute Gasteiger partial charge is 0.454 e. The van der Waals surface area contributed by atoms with Crippen molar-refractivity contribution in [1.29, 1.82) is 0 Å². The average molecular weight is 491 g/mol. The number of sulfonamides is 1. The van der Waals surface area contributed by atoms with Gasteiger partial charge in [-0.3, -0.25) is 9.59 Å². The van der Waals surface area contributed by atoms with Crippen LogP contribution in [0.3, 0.4) is 0 Å². The number of carbonyl (C=O) groups excluding carboxylic acids is 2. The SMILES string of the molecule is CCN(C(=O)COC(=O)C(C)NS(=O)(=O)c1cccc2nsnc12)C1CCS(=O)(=O)C1. The summed E-state index contributed by atoms with van der Waals surface area (Å²) in [6, 6.07) is 2.77. The molecular weight excluding hydrogens is 468 g/mol. The molecule has 0 radical (unpaired) electrons. The Labute approximate surface area is 184 Å². The third-order valence-electron chi connectivity index (χ3n) is 4.87. The number of carbonyl (C=O) groups is 2. The quantitative estimate of drug-likeness (QED) is 0.501. The van der Waals surface area contributed by atoms with E-state index in [2.05, 4.69) is 13.5 Å². The van der Waals surface area contributed by atoms with Gasteiger partial charge < -0.3 is 9.64 Å². The predicted molar refractivity (Wildman–Crippen MR) is 113 cm³/mol. The number of sulfone groups is 1. The monoisotopic (exact) mass is 490 g/mol. The fourth-order valence-corrected chi connectivity index (χ4v) is 7.03. The number of nitrogens with zero attached hydrogens (tertiary/aromatic N) is 3. The molecule has 31 heavy (non-hydrogen) atoms. The standard InChI is InChI=1S/C17H22N4O7S3/c1-3-21(12-7-8-30(24,25)10-12)15(22)9-28-17(23)11(2)20-31(26,27)14-6-4-5-13-16(14)19-29-18-13/h4-6,11-12,20H,3,7-10H2,1-2H3. The minimum atomic E-state index is -4.10. The zero-order valence-corrected chi connectivity index (χ0v) is 19.3. The molecule has 0 bridgehead atoms. The third kappa shape index (κ3) is 5.37. The molecule has 170 valence electrons. The number of benzene rings is 1. The molecule has 2 aromatic rings. The highest BCUT2D eigenvalue weighted by Gasteiger charge is 2.34. The van der Waals surface area contributed by atoms with Gasteiger partial charge in [-0.1, -0.05) is 6.07 Å².